The van der Waals surface area contributed by atoms with Crippen LogP contribution < -0.4 is 5.56 Å². The average molecular weight is 339 g/mol. The Morgan fingerprint density at radius 2 is 1.92 bits per heavy atom. The minimum absolute atomic E-state index is 0.0452. The van der Waals surface area contributed by atoms with Crippen molar-refractivity contribution in [1.29, 1.82) is 0 Å². The van der Waals surface area contributed by atoms with Gasteiger partial charge in [-0.05, 0) is 61.1 Å². The van der Waals surface area contributed by atoms with Crippen molar-refractivity contribution in [2.75, 3.05) is 13.1 Å². The number of hydrogen-bond donors (Lipinski definition) is 0. The van der Waals surface area contributed by atoms with Crippen molar-refractivity contribution in [1.82, 2.24) is 13.8 Å². The zero-order chi connectivity index (χ0) is 16.5. The molecule has 0 unspecified atom stereocenters. The van der Waals surface area contributed by atoms with Gasteiger partial charge in [0, 0.05) is 24.8 Å². The molecule has 2 aromatic heterocycles. The second-order valence-corrected chi connectivity index (χ2v) is 6.88. The molecular weight excluding hydrogens is 322 g/mol. The van der Waals surface area contributed by atoms with Crippen LogP contribution in [-0.2, 0) is 0 Å². The van der Waals surface area contributed by atoms with Crippen LogP contribution in [0.15, 0.2) is 47.4 Å². The fourth-order valence-electron chi connectivity index (χ4n) is 3.08. The number of pyridine rings is 1. The number of likely N-dealkylation sites (tertiary alicyclic amines) is 1. The zero-order valence-corrected chi connectivity index (χ0v) is 14.0. The first-order valence-corrected chi connectivity index (χ1v) is 8.88. The lowest BCUT2D eigenvalue weighted by atomic mass is 10.1. The minimum Gasteiger partial charge on any atom is -0.339 e. The predicted molar refractivity (Wildman–Crippen MR) is 95.0 cm³/mol. The molecular formula is C18H17N3O2S. The van der Waals surface area contributed by atoms with Crippen LogP contribution in [0.3, 0.4) is 0 Å². The lowest BCUT2D eigenvalue weighted by molar-refractivity contribution is 0.0724. The van der Waals surface area contributed by atoms with Gasteiger partial charge < -0.3 is 4.90 Å². The summed E-state index contributed by atoms with van der Waals surface area (Å²) in [5.41, 5.74) is 1.25. The van der Waals surface area contributed by atoms with Crippen LogP contribution in [0.5, 0.6) is 0 Å². The fraction of sp³-hybridized carbons (Fsp3) is 0.278. The highest BCUT2D eigenvalue weighted by molar-refractivity contribution is 7.13. The highest BCUT2D eigenvalue weighted by Gasteiger charge is 2.19. The molecule has 3 aromatic rings. The van der Waals surface area contributed by atoms with Crippen LogP contribution in [0.2, 0.25) is 0 Å². The Hall–Kier alpha value is -2.47. The molecule has 1 aliphatic heterocycles. The summed E-state index contributed by atoms with van der Waals surface area (Å²) in [6.45, 7) is 1.63. The van der Waals surface area contributed by atoms with Crippen molar-refractivity contribution in [3.63, 3.8) is 0 Å². The summed E-state index contributed by atoms with van der Waals surface area (Å²) in [7, 11) is 0. The van der Waals surface area contributed by atoms with Crippen molar-refractivity contribution < 1.29 is 4.79 Å². The molecule has 5 nitrogen and oxygen atoms in total. The molecule has 0 spiro atoms. The number of amides is 1. The lowest BCUT2D eigenvalue weighted by Crippen LogP contribution is -2.35. The standard InChI is InChI=1S/C18H17N3O2S/c22-17(20-10-2-1-3-11-20)13-6-4-7-14(12-13)21-18(23)15-8-5-9-19-16(15)24-21/h4-9,12H,1-3,10-11H2. The molecule has 0 atom stereocenters. The second kappa shape index (κ2) is 6.20. The van der Waals surface area contributed by atoms with Crippen molar-refractivity contribution in [2.45, 2.75) is 19.3 Å². The van der Waals surface area contributed by atoms with E-state index in [9.17, 15) is 9.59 Å². The summed E-state index contributed by atoms with van der Waals surface area (Å²) >= 11 is 1.30. The third kappa shape index (κ3) is 2.63. The van der Waals surface area contributed by atoms with Crippen LogP contribution in [0.1, 0.15) is 29.6 Å². The van der Waals surface area contributed by atoms with E-state index in [4.69, 9.17) is 0 Å². The minimum atomic E-state index is -0.0920. The van der Waals surface area contributed by atoms with E-state index >= 15 is 0 Å². The third-order valence-corrected chi connectivity index (χ3v) is 5.39. The van der Waals surface area contributed by atoms with E-state index in [1.165, 1.54) is 18.0 Å². The molecule has 1 amide bonds. The number of rotatable bonds is 2. The number of benzene rings is 1. The van der Waals surface area contributed by atoms with Crippen LogP contribution >= 0.6 is 11.5 Å². The summed E-state index contributed by atoms with van der Waals surface area (Å²) in [6.07, 6.45) is 4.99. The lowest BCUT2D eigenvalue weighted by Gasteiger charge is -2.26. The molecule has 0 N–H and O–H groups in total. The van der Waals surface area contributed by atoms with Crippen molar-refractivity contribution in [3.05, 3.63) is 58.5 Å². The summed E-state index contributed by atoms with van der Waals surface area (Å²) in [5, 5.41) is 0.607. The quantitative estimate of drug-likeness (QED) is 0.721. The Morgan fingerprint density at radius 1 is 1.08 bits per heavy atom. The molecule has 1 fully saturated rings. The Morgan fingerprint density at radius 3 is 2.71 bits per heavy atom. The van der Waals surface area contributed by atoms with E-state index in [1.54, 1.807) is 28.4 Å². The van der Waals surface area contributed by atoms with Crippen LogP contribution in [0.4, 0.5) is 0 Å². The molecule has 1 aliphatic rings. The van der Waals surface area contributed by atoms with Crippen molar-refractivity contribution in [2.24, 2.45) is 0 Å². The van der Waals surface area contributed by atoms with Gasteiger partial charge in [-0.15, -0.1) is 0 Å². The number of aromatic nitrogens is 2. The highest BCUT2D eigenvalue weighted by Crippen LogP contribution is 2.20. The summed E-state index contributed by atoms with van der Waals surface area (Å²) in [5.74, 6) is 0.0452. The van der Waals surface area contributed by atoms with E-state index in [0.717, 1.165) is 25.9 Å². The topological polar surface area (TPSA) is 55.2 Å². The Labute approximate surface area is 143 Å². The SMILES string of the molecule is O=C(c1cccc(-n2sc3ncccc3c2=O)c1)N1CCCCC1. The molecule has 24 heavy (non-hydrogen) atoms. The second-order valence-electron chi connectivity index (χ2n) is 5.95. The highest BCUT2D eigenvalue weighted by atomic mass is 32.1. The first-order chi connectivity index (χ1) is 11.7. The molecule has 0 radical (unpaired) electrons. The number of fused-ring (bicyclic) bond motifs is 1. The van der Waals surface area contributed by atoms with Gasteiger partial charge in [-0.1, -0.05) is 6.07 Å². The van der Waals surface area contributed by atoms with E-state index < -0.39 is 0 Å². The van der Waals surface area contributed by atoms with Gasteiger partial charge in [-0.3, -0.25) is 9.59 Å². The van der Waals surface area contributed by atoms with E-state index in [-0.39, 0.29) is 11.5 Å². The van der Waals surface area contributed by atoms with Gasteiger partial charge in [0.05, 0.1) is 11.1 Å². The summed E-state index contributed by atoms with van der Waals surface area (Å²) < 4.78 is 1.60. The maximum Gasteiger partial charge on any atom is 0.274 e. The number of piperidine rings is 1. The zero-order valence-electron chi connectivity index (χ0n) is 13.1. The number of hydrogen-bond acceptors (Lipinski definition) is 4. The van der Waals surface area contributed by atoms with E-state index in [1.807, 2.05) is 23.1 Å². The van der Waals surface area contributed by atoms with Gasteiger partial charge in [0.25, 0.3) is 11.5 Å². The van der Waals surface area contributed by atoms with Gasteiger partial charge in [0.2, 0.25) is 0 Å². The van der Waals surface area contributed by atoms with Gasteiger partial charge in [-0.2, -0.15) is 0 Å². The smallest absolute Gasteiger partial charge is 0.274 e. The van der Waals surface area contributed by atoms with Crippen molar-refractivity contribution >= 4 is 27.7 Å². The maximum absolute atomic E-state index is 12.7. The largest absolute Gasteiger partial charge is 0.339 e. The number of carbonyl (C=O) groups excluding carboxylic acids is 1. The molecule has 4 rings (SSSR count). The number of nitrogens with zero attached hydrogens (tertiary/aromatic N) is 3. The molecule has 0 bridgehead atoms. The molecule has 6 heteroatoms. The molecule has 0 saturated carbocycles. The Balaban J connectivity index is 1.72. The van der Waals surface area contributed by atoms with Gasteiger partial charge >= 0.3 is 0 Å². The van der Waals surface area contributed by atoms with Crippen molar-refractivity contribution in [3.8, 4) is 5.69 Å². The monoisotopic (exact) mass is 339 g/mol. The molecule has 1 saturated heterocycles. The normalized spacial score (nSPS) is 14.9. The maximum atomic E-state index is 12.7. The first kappa shape index (κ1) is 15.1. The van der Waals surface area contributed by atoms with E-state index in [0.29, 0.717) is 21.5 Å². The van der Waals surface area contributed by atoms with Gasteiger partial charge in [0.15, 0.2) is 0 Å². The fourth-order valence-corrected chi connectivity index (χ4v) is 4.01. The molecule has 122 valence electrons. The van der Waals surface area contributed by atoms with Crippen LogP contribution in [0, 0.1) is 0 Å². The Bertz CT molecular complexity index is 954. The Kier molecular flexibility index (Phi) is 3.90. The van der Waals surface area contributed by atoms with Gasteiger partial charge in [0.1, 0.15) is 4.83 Å². The van der Waals surface area contributed by atoms with Gasteiger partial charge in [-0.25, -0.2) is 8.94 Å². The molecule has 3 heterocycles. The third-order valence-electron chi connectivity index (χ3n) is 4.33. The van der Waals surface area contributed by atoms with Crippen LogP contribution in [0.25, 0.3) is 15.9 Å². The predicted octanol–water partition coefficient (Wildman–Crippen LogP) is 3.07. The van der Waals surface area contributed by atoms with Crippen LogP contribution in [-0.4, -0.2) is 32.8 Å². The van der Waals surface area contributed by atoms with E-state index in [2.05, 4.69) is 4.98 Å². The average Bonchev–Trinajstić information content (AvgIpc) is 2.99. The molecule has 0 aliphatic carbocycles. The first-order valence-electron chi connectivity index (χ1n) is 8.11. The summed E-state index contributed by atoms with van der Waals surface area (Å²) in [4.78, 5) is 32.1. The summed E-state index contributed by atoms with van der Waals surface area (Å²) in [6, 6.07) is 10.8. The molecule has 1 aromatic carbocycles. The number of carbonyl (C=O) groups is 1.